The van der Waals surface area contributed by atoms with E-state index in [4.69, 9.17) is 18.9 Å². The van der Waals surface area contributed by atoms with Gasteiger partial charge in [-0.2, -0.15) is 8.42 Å². The van der Waals surface area contributed by atoms with Crippen molar-refractivity contribution < 1.29 is 56.2 Å². The Morgan fingerprint density at radius 1 is 0.520 bits per heavy atom. The van der Waals surface area contributed by atoms with Crippen molar-refractivity contribution in [3.63, 3.8) is 0 Å². The third-order valence-electron chi connectivity index (χ3n) is 13.6. The van der Waals surface area contributed by atoms with Crippen LogP contribution in [0.25, 0.3) is 0 Å². The van der Waals surface area contributed by atoms with Gasteiger partial charge < -0.3 is 34.3 Å². The number of unbranched alkanes of at least 4 members (excludes halogenated alkanes) is 28. The maximum atomic E-state index is 13.0. The van der Waals surface area contributed by atoms with Crippen LogP contribution in [0.1, 0.15) is 251 Å². The Hall–Kier alpha value is -2.46. The van der Waals surface area contributed by atoms with E-state index in [0.29, 0.717) is 13.0 Å². The van der Waals surface area contributed by atoms with Crippen LogP contribution in [0.4, 0.5) is 0 Å². The molecule has 1 fully saturated rings. The number of carbonyl (C=O) groups excluding carboxylic acids is 1. The fourth-order valence-corrected chi connectivity index (χ4v) is 9.60. The molecule has 6 atom stereocenters. The molecule has 12 nitrogen and oxygen atoms in total. The van der Waals surface area contributed by atoms with Gasteiger partial charge in [-0.25, -0.2) is 4.18 Å². The highest BCUT2D eigenvalue weighted by molar-refractivity contribution is 7.80. The van der Waals surface area contributed by atoms with Crippen molar-refractivity contribution >= 4 is 16.4 Å². The molecule has 1 saturated heterocycles. The Balaban J connectivity index is 2.30. The Labute approximate surface area is 458 Å². The number of carbonyl (C=O) groups is 1. The summed E-state index contributed by atoms with van der Waals surface area (Å²) in [5, 5.41) is 30.9. The van der Waals surface area contributed by atoms with Crippen LogP contribution in [-0.4, -0.2) is 97.5 Å². The van der Waals surface area contributed by atoms with Crippen molar-refractivity contribution in [1.29, 1.82) is 0 Å². The number of hydrogen-bond donors (Lipinski definition) is 4. The molecule has 1 aliphatic heterocycles. The minimum Gasteiger partial charge on any atom is -0.457 e. The number of rotatable bonds is 53. The van der Waals surface area contributed by atoms with Gasteiger partial charge >= 0.3 is 16.4 Å². The molecule has 0 aromatic carbocycles. The number of ether oxygens (including phenoxy) is 4. The quantitative estimate of drug-likeness (QED) is 0.0196. The fraction of sp³-hybridized carbons (Fsp3) is 0.790. The lowest BCUT2D eigenvalue weighted by atomic mass is 9.99. The molecule has 436 valence electrons. The third kappa shape index (κ3) is 45.1. The van der Waals surface area contributed by atoms with Gasteiger partial charge in [-0.1, -0.05) is 254 Å². The molecule has 0 aromatic rings. The SMILES string of the molecule is CC/C=C\C/C=C\C/C=C\C/C=C\C/C=C\C/C=C\CCCCCCCOCC(COC1OC(CO)C(O)C(OS(=O)(=O)O)C1O)OC(=O)CCCCCCCCCCCCCCCCCCCCCCCCCC. The van der Waals surface area contributed by atoms with Gasteiger partial charge in [0.1, 0.15) is 30.5 Å². The van der Waals surface area contributed by atoms with Gasteiger partial charge in [0.05, 0.1) is 19.8 Å². The van der Waals surface area contributed by atoms with Crippen LogP contribution in [0.3, 0.4) is 0 Å². The summed E-state index contributed by atoms with van der Waals surface area (Å²) in [4.78, 5) is 13.0. The number of aliphatic hydroxyl groups excluding tert-OH is 3. The molecule has 0 aliphatic carbocycles. The molecular formula is C62H110O12S. The lowest BCUT2D eigenvalue weighted by Crippen LogP contribution is -2.60. The first-order chi connectivity index (χ1) is 36.6. The van der Waals surface area contributed by atoms with Crippen molar-refractivity contribution in [3.8, 4) is 0 Å². The van der Waals surface area contributed by atoms with Crippen LogP contribution in [-0.2, 0) is 38.3 Å². The number of allylic oxidation sites excluding steroid dienone is 12. The molecule has 0 aromatic heterocycles. The van der Waals surface area contributed by atoms with E-state index in [9.17, 15) is 33.1 Å². The van der Waals surface area contributed by atoms with E-state index in [1.165, 1.54) is 128 Å². The highest BCUT2D eigenvalue weighted by Crippen LogP contribution is 2.26. The first-order valence-electron chi connectivity index (χ1n) is 30.2. The van der Waals surface area contributed by atoms with Gasteiger partial charge in [0.2, 0.25) is 0 Å². The molecule has 1 rings (SSSR count). The van der Waals surface area contributed by atoms with Crippen molar-refractivity contribution in [3.05, 3.63) is 72.9 Å². The van der Waals surface area contributed by atoms with Crippen LogP contribution in [0, 0.1) is 0 Å². The lowest BCUT2D eigenvalue weighted by Gasteiger charge is -2.41. The summed E-state index contributed by atoms with van der Waals surface area (Å²) >= 11 is 0. The van der Waals surface area contributed by atoms with Crippen molar-refractivity contribution in [2.75, 3.05) is 26.4 Å². The largest absolute Gasteiger partial charge is 0.457 e. The van der Waals surface area contributed by atoms with E-state index < -0.39 is 59.8 Å². The molecular weight excluding hydrogens is 969 g/mol. The maximum absolute atomic E-state index is 13.0. The Bertz CT molecular complexity index is 1580. The van der Waals surface area contributed by atoms with Crippen LogP contribution in [0.5, 0.6) is 0 Å². The van der Waals surface area contributed by atoms with Gasteiger partial charge in [-0.15, -0.1) is 0 Å². The van der Waals surface area contributed by atoms with Crippen LogP contribution >= 0.6 is 0 Å². The topological polar surface area (TPSA) is 178 Å². The Kier molecular flexibility index (Phi) is 49.2. The normalized spacial score (nSPS) is 19.1. The molecule has 6 unspecified atom stereocenters. The molecule has 0 bridgehead atoms. The second-order valence-corrected chi connectivity index (χ2v) is 21.6. The summed E-state index contributed by atoms with van der Waals surface area (Å²) in [6.07, 6.45) is 60.9. The van der Waals surface area contributed by atoms with E-state index in [1.807, 2.05) is 0 Å². The number of aliphatic hydroxyl groups is 3. The van der Waals surface area contributed by atoms with Crippen molar-refractivity contribution in [1.82, 2.24) is 0 Å². The molecule has 1 heterocycles. The zero-order valence-corrected chi connectivity index (χ0v) is 48.2. The van der Waals surface area contributed by atoms with E-state index in [-0.39, 0.29) is 19.6 Å². The molecule has 0 amide bonds. The summed E-state index contributed by atoms with van der Waals surface area (Å²) in [6.45, 7) is 3.87. The third-order valence-corrected chi connectivity index (χ3v) is 14.1. The van der Waals surface area contributed by atoms with Crippen molar-refractivity contribution in [2.24, 2.45) is 0 Å². The molecule has 0 spiro atoms. The van der Waals surface area contributed by atoms with Gasteiger partial charge in [-0.05, 0) is 64.2 Å². The zero-order valence-electron chi connectivity index (χ0n) is 47.3. The molecule has 0 saturated carbocycles. The lowest BCUT2D eigenvalue weighted by molar-refractivity contribution is -0.301. The van der Waals surface area contributed by atoms with Gasteiger partial charge in [-0.3, -0.25) is 9.35 Å². The van der Waals surface area contributed by atoms with Crippen LogP contribution in [0.15, 0.2) is 72.9 Å². The first-order valence-corrected chi connectivity index (χ1v) is 31.6. The molecule has 1 aliphatic rings. The Morgan fingerprint density at radius 3 is 1.35 bits per heavy atom. The van der Waals surface area contributed by atoms with Gasteiger partial charge in [0.15, 0.2) is 6.29 Å². The van der Waals surface area contributed by atoms with Crippen LogP contribution < -0.4 is 0 Å². The van der Waals surface area contributed by atoms with E-state index in [2.05, 4.69) is 90.9 Å². The van der Waals surface area contributed by atoms with Gasteiger partial charge in [0.25, 0.3) is 0 Å². The van der Waals surface area contributed by atoms with Gasteiger partial charge in [0, 0.05) is 13.0 Å². The predicted molar refractivity (Wildman–Crippen MR) is 308 cm³/mol. The molecule has 0 radical (unpaired) electrons. The second kappa shape index (κ2) is 52.3. The summed E-state index contributed by atoms with van der Waals surface area (Å²) in [7, 11) is -5.07. The fourth-order valence-electron chi connectivity index (χ4n) is 9.09. The van der Waals surface area contributed by atoms with E-state index >= 15 is 0 Å². The molecule has 13 heteroatoms. The highest BCUT2D eigenvalue weighted by Gasteiger charge is 2.48. The Morgan fingerprint density at radius 2 is 0.920 bits per heavy atom. The summed E-state index contributed by atoms with van der Waals surface area (Å²) in [6, 6.07) is 0. The minimum atomic E-state index is -5.07. The first kappa shape index (κ1) is 70.6. The molecule has 4 N–H and O–H groups in total. The minimum absolute atomic E-state index is 0.0215. The predicted octanol–water partition coefficient (Wildman–Crippen LogP) is 15.4. The summed E-state index contributed by atoms with van der Waals surface area (Å²) in [5.74, 6) is -0.403. The zero-order chi connectivity index (χ0) is 54.6. The second-order valence-electron chi connectivity index (χ2n) is 20.6. The van der Waals surface area contributed by atoms with Crippen molar-refractivity contribution in [2.45, 2.75) is 288 Å². The number of hydrogen-bond acceptors (Lipinski definition) is 11. The summed E-state index contributed by atoms with van der Waals surface area (Å²) in [5.41, 5.74) is 0. The average Bonchev–Trinajstić information content (AvgIpc) is 3.39. The highest BCUT2D eigenvalue weighted by atomic mass is 32.3. The maximum Gasteiger partial charge on any atom is 0.397 e. The number of esters is 1. The van der Waals surface area contributed by atoms with Crippen LogP contribution in [0.2, 0.25) is 0 Å². The molecule has 75 heavy (non-hydrogen) atoms. The summed E-state index contributed by atoms with van der Waals surface area (Å²) < 4.78 is 59.5. The van der Waals surface area contributed by atoms with E-state index in [0.717, 1.165) is 96.3 Å². The van der Waals surface area contributed by atoms with E-state index in [1.54, 1.807) is 0 Å². The smallest absolute Gasteiger partial charge is 0.397 e. The average molecular weight is 1080 g/mol. The standard InChI is InChI=1S/C62H110O12S/c1-3-5-7-9-11-13-15-17-19-21-23-25-27-29-31-33-35-37-39-41-43-45-47-49-51-58(64)72-56(55-71-62-60(66)61(74-75(67,68)69)59(65)57(53-63)73-62)54-70-52-50-48-46-44-42-40-38-36-34-32-30-28-26-24-22-20-18-16-14-12-10-8-6-4-2/h6,8,12,14,18,20,24,26,30,32,36,38,56-57,59-63,65-66H,3-5,7,9-11,13,15-17,19,21-23,25,27-29,31,33-35,37,39-55H2,1-2H3,(H,67,68,69)/b8-6-,14-12-,20-18-,26-24-,32-30-,38-36-. The monoisotopic (exact) mass is 1080 g/mol.